The van der Waals surface area contributed by atoms with Gasteiger partial charge < -0.3 is 14.9 Å². The number of thioether (sulfide) groups is 2. The SMILES string of the molecule is Cc1cccc2c1C(=O)C(SCO)(SCO)CO2. The molecule has 0 aromatic heterocycles. The summed E-state index contributed by atoms with van der Waals surface area (Å²) in [6.45, 7) is 2.00. The summed E-state index contributed by atoms with van der Waals surface area (Å²) in [5.74, 6) is 0.0970. The molecule has 6 heteroatoms. The summed E-state index contributed by atoms with van der Waals surface area (Å²) in [6.07, 6.45) is 0. The Morgan fingerprint density at radius 2 is 2.00 bits per heavy atom. The standard InChI is InChI=1S/C12H14O4S2/c1-8-3-2-4-9-10(8)11(15)12(5-16-9,17-6-13)18-7-14/h2-4,13-14H,5-7H2,1H3. The van der Waals surface area contributed by atoms with Crippen molar-refractivity contribution in [3.05, 3.63) is 29.3 Å². The fraction of sp³-hybridized carbons (Fsp3) is 0.417. The number of rotatable bonds is 4. The van der Waals surface area contributed by atoms with Gasteiger partial charge in [-0.1, -0.05) is 12.1 Å². The number of ether oxygens (including phenoxy) is 1. The molecular formula is C12H14O4S2. The van der Waals surface area contributed by atoms with Crippen molar-refractivity contribution in [2.45, 2.75) is 11.0 Å². The highest BCUT2D eigenvalue weighted by molar-refractivity contribution is 8.19. The van der Waals surface area contributed by atoms with Crippen LogP contribution in [0.1, 0.15) is 15.9 Å². The zero-order valence-corrected chi connectivity index (χ0v) is 11.5. The predicted octanol–water partition coefficient (Wildman–Crippen LogP) is 1.63. The first-order chi connectivity index (χ1) is 8.64. The van der Waals surface area contributed by atoms with E-state index in [1.165, 1.54) is 0 Å². The van der Waals surface area contributed by atoms with Crippen molar-refractivity contribution >= 4 is 29.3 Å². The number of hydrogen-bond donors (Lipinski definition) is 2. The van der Waals surface area contributed by atoms with Crippen LogP contribution >= 0.6 is 23.5 Å². The molecule has 98 valence electrons. The third-order valence-electron chi connectivity index (χ3n) is 2.82. The zero-order chi connectivity index (χ0) is 13.2. The lowest BCUT2D eigenvalue weighted by Gasteiger charge is -2.34. The molecule has 4 nitrogen and oxygen atoms in total. The van der Waals surface area contributed by atoms with E-state index in [0.717, 1.165) is 29.1 Å². The summed E-state index contributed by atoms with van der Waals surface area (Å²) in [4.78, 5) is 12.6. The van der Waals surface area contributed by atoms with Crippen LogP contribution in [0.25, 0.3) is 0 Å². The van der Waals surface area contributed by atoms with Crippen molar-refractivity contribution in [3.63, 3.8) is 0 Å². The fourth-order valence-electron chi connectivity index (χ4n) is 1.95. The summed E-state index contributed by atoms with van der Waals surface area (Å²) < 4.78 is 4.66. The quantitative estimate of drug-likeness (QED) is 0.820. The number of aryl methyl sites for hydroxylation is 1. The Morgan fingerprint density at radius 1 is 1.33 bits per heavy atom. The molecule has 2 rings (SSSR count). The molecule has 18 heavy (non-hydrogen) atoms. The van der Waals surface area contributed by atoms with E-state index in [1.807, 2.05) is 19.1 Å². The maximum Gasteiger partial charge on any atom is 0.196 e. The molecule has 0 radical (unpaired) electrons. The third-order valence-corrected chi connectivity index (χ3v) is 5.33. The van der Waals surface area contributed by atoms with Crippen LogP contribution < -0.4 is 4.74 Å². The summed E-state index contributed by atoms with van der Waals surface area (Å²) in [7, 11) is 0. The van der Waals surface area contributed by atoms with E-state index in [0.29, 0.717) is 11.3 Å². The molecule has 2 N–H and O–H groups in total. The van der Waals surface area contributed by atoms with Crippen LogP contribution in [-0.2, 0) is 0 Å². The third kappa shape index (κ3) is 2.25. The number of aliphatic hydroxyl groups excluding tert-OH is 2. The number of fused-ring (bicyclic) bond motifs is 1. The topological polar surface area (TPSA) is 66.8 Å². The maximum atomic E-state index is 12.6. The molecule has 0 atom stereocenters. The first kappa shape index (κ1) is 13.7. The average Bonchev–Trinajstić information content (AvgIpc) is 2.35. The molecule has 0 fully saturated rings. The summed E-state index contributed by atoms with van der Waals surface area (Å²) in [5, 5.41) is 18.2. The van der Waals surface area contributed by atoms with E-state index in [2.05, 4.69) is 0 Å². The van der Waals surface area contributed by atoms with E-state index in [9.17, 15) is 4.79 Å². The van der Waals surface area contributed by atoms with Gasteiger partial charge in [0.05, 0.1) is 17.4 Å². The highest BCUT2D eigenvalue weighted by Gasteiger charge is 2.45. The van der Waals surface area contributed by atoms with Gasteiger partial charge in [-0.2, -0.15) is 0 Å². The highest BCUT2D eigenvalue weighted by atomic mass is 32.2. The summed E-state index contributed by atoms with van der Waals surface area (Å²) in [6, 6.07) is 5.45. The molecule has 1 heterocycles. The van der Waals surface area contributed by atoms with Crippen LogP contribution in [0.15, 0.2) is 18.2 Å². The molecule has 0 unspecified atom stereocenters. The van der Waals surface area contributed by atoms with E-state index in [1.54, 1.807) is 6.07 Å². The van der Waals surface area contributed by atoms with Crippen molar-refractivity contribution in [2.24, 2.45) is 0 Å². The number of Topliss-reactive ketones (excluding diaryl/α,β-unsaturated/α-hetero) is 1. The lowest BCUT2D eigenvalue weighted by Crippen LogP contribution is -2.43. The Morgan fingerprint density at radius 3 is 2.61 bits per heavy atom. The predicted molar refractivity (Wildman–Crippen MR) is 73.1 cm³/mol. The second kappa shape index (κ2) is 5.52. The van der Waals surface area contributed by atoms with Crippen molar-refractivity contribution in [2.75, 3.05) is 18.5 Å². The molecular weight excluding hydrogens is 272 g/mol. The van der Waals surface area contributed by atoms with Crippen LogP contribution in [-0.4, -0.2) is 38.6 Å². The number of carbonyl (C=O) groups excluding carboxylic acids is 1. The maximum absolute atomic E-state index is 12.6. The fourth-order valence-corrected chi connectivity index (χ4v) is 3.76. The number of carbonyl (C=O) groups is 1. The molecule has 0 aliphatic carbocycles. The summed E-state index contributed by atoms with van der Waals surface area (Å²) >= 11 is 2.18. The lowest BCUT2D eigenvalue weighted by molar-refractivity contribution is 0.0923. The zero-order valence-electron chi connectivity index (χ0n) is 9.88. The van der Waals surface area contributed by atoms with Gasteiger partial charge >= 0.3 is 0 Å². The van der Waals surface area contributed by atoms with Crippen LogP contribution in [0.4, 0.5) is 0 Å². The lowest BCUT2D eigenvalue weighted by atomic mass is 9.99. The molecule has 0 spiro atoms. The Kier molecular flexibility index (Phi) is 4.21. The van der Waals surface area contributed by atoms with Crippen LogP contribution in [0, 0.1) is 6.92 Å². The molecule has 1 aliphatic heterocycles. The normalized spacial score (nSPS) is 17.2. The number of benzene rings is 1. The number of aliphatic hydroxyl groups is 2. The first-order valence-electron chi connectivity index (χ1n) is 5.41. The van der Waals surface area contributed by atoms with Gasteiger partial charge in [0.25, 0.3) is 0 Å². The van der Waals surface area contributed by atoms with Crippen molar-refractivity contribution in [1.82, 2.24) is 0 Å². The van der Waals surface area contributed by atoms with Gasteiger partial charge in [-0.05, 0) is 18.6 Å². The number of hydrogen-bond acceptors (Lipinski definition) is 6. The molecule has 1 aromatic carbocycles. The largest absolute Gasteiger partial charge is 0.490 e. The van der Waals surface area contributed by atoms with Crippen molar-refractivity contribution < 1.29 is 19.7 Å². The second-order valence-electron chi connectivity index (χ2n) is 3.87. The van der Waals surface area contributed by atoms with E-state index in [-0.39, 0.29) is 24.3 Å². The minimum Gasteiger partial charge on any atom is -0.490 e. The minimum absolute atomic E-state index is 0.0973. The Labute approximate surface area is 114 Å². The van der Waals surface area contributed by atoms with Crippen LogP contribution in [0.3, 0.4) is 0 Å². The number of ketones is 1. The minimum atomic E-state index is -0.956. The van der Waals surface area contributed by atoms with Crippen molar-refractivity contribution in [3.8, 4) is 5.75 Å². The molecule has 1 aliphatic rings. The second-order valence-corrected chi connectivity index (χ2v) is 6.61. The van der Waals surface area contributed by atoms with Gasteiger partial charge in [0.15, 0.2) is 9.86 Å². The average molecular weight is 286 g/mol. The van der Waals surface area contributed by atoms with E-state index in [4.69, 9.17) is 14.9 Å². The first-order valence-corrected chi connectivity index (χ1v) is 7.38. The van der Waals surface area contributed by atoms with Crippen LogP contribution in [0.5, 0.6) is 5.75 Å². The molecule has 1 aromatic rings. The Balaban J connectivity index is 2.44. The molecule has 0 saturated carbocycles. The van der Waals surface area contributed by atoms with E-state index >= 15 is 0 Å². The van der Waals surface area contributed by atoms with Gasteiger partial charge in [-0.25, -0.2) is 0 Å². The van der Waals surface area contributed by atoms with Gasteiger partial charge in [0, 0.05) is 0 Å². The molecule has 0 bridgehead atoms. The highest BCUT2D eigenvalue weighted by Crippen LogP contribution is 2.45. The van der Waals surface area contributed by atoms with Crippen molar-refractivity contribution in [1.29, 1.82) is 0 Å². The van der Waals surface area contributed by atoms with Crippen LogP contribution in [0.2, 0.25) is 0 Å². The molecule has 0 saturated heterocycles. The van der Waals surface area contributed by atoms with Gasteiger partial charge in [0.2, 0.25) is 0 Å². The summed E-state index contributed by atoms with van der Waals surface area (Å²) in [5.41, 5.74) is 1.39. The Hall–Kier alpha value is -0.690. The van der Waals surface area contributed by atoms with Gasteiger partial charge in [-0.3, -0.25) is 4.79 Å². The molecule has 0 amide bonds. The van der Waals surface area contributed by atoms with Gasteiger partial charge in [0.1, 0.15) is 12.4 Å². The smallest absolute Gasteiger partial charge is 0.196 e. The monoisotopic (exact) mass is 286 g/mol. The van der Waals surface area contributed by atoms with E-state index < -0.39 is 4.08 Å². The van der Waals surface area contributed by atoms with Gasteiger partial charge in [-0.15, -0.1) is 23.5 Å². The Bertz CT molecular complexity index is 455.